The van der Waals surface area contributed by atoms with E-state index in [-0.39, 0.29) is 30.7 Å². The van der Waals surface area contributed by atoms with Gasteiger partial charge in [-0.25, -0.2) is 8.78 Å². The Balaban J connectivity index is 3.17. The standard InChI is InChI=1S/C11H14F2N2O3/c1-2-18-9(17)4-6-3-8(16)15-10(11(12)13)7(6)5-14/h3,11H,2,4-5,14H2,1H3,(H,15,16). The Labute approximate surface area is 102 Å². The summed E-state index contributed by atoms with van der Waals surface area (Å²) in [5, 5.41) is 0. The molecule has 0 saturated heterocycles. The molecule has 5 nitrogen and oxygen atoms in total. The summed E-state index contributed by atoms with van der Waals surface area (Å²) in [4.78, 5) is 24.6. The van der Waals surface area contributed by atoms with Crippen molar-refractivity contribution in [2.24, 2.45) is 5.73 Å². The molecule has 0 bridgehead atoms. The first-order valence-corrected chi connectivity index (χ1v) is 5.38. The fraction of sp³-hybridized carbons (Fsp3) is 0.455. The lowest BCUT2D eigenvalue weighted by molar-refractivity contribution is -0.142. The number of ether oxygens (including phenoxy) is 1. The number of rotatable bonds is 5. The molecule has 0 aromatic carbocycles. The van der Waals surface area contributed by atoms with Gasteiger partial charge in [0.2, 0.25) is 5.56 Å². The van der Waals surface area contributed by atoms with Gasteiger partial charge in [-0.2, -0.15) is 0 Å². The van der Waals surface area contributed by atoms with Crippen molar-refractivity contribution in [3.8, 4) is 0 Å². The number of carbonyl (C=O) groups excluding carboxylic acids is 1. The molecule has 100 valence electrons. The lowest BCUT2D eigenvalue weighted by Crippen LogP contribution is -2.19. The molecular formula is C11H14F2N2O3. The van der Waals surface area contributed by atoms with E-state index in [2.05, 4.69) is 0 Å². The van der Waals surface area contributed by atoms with Crippen LogP contribution in [0.1, 0.15) is 30.2 Å². The Morgan fingerprint density at radius 1 is 1.56 bits per heavy atom. The summed E-state index contributed by atoms with van der Waals surface area (Å²) in [6.45, 7) is 1.62. The molecule has 0 aliphatic heterocycles. The van der Waals surface area contributed by atoms with Crippen LogP contribution >= 0.6 is 0 Å². The number of aromatic amines is 1. The Kier molecular flexibility index (Phi) is 4.96. The number of nitrogens with one attached hydrogen (secondary N) is 1. The van der Waals surface area contributed by atoms with Crippen LogP contribution in [-0.4, -0.2) is 17.6 Å². The van der Waals surface area contributed by atoms with Crippen LogP contribution in [0.5, 0.6) is 0 Å². The maximum Gasteiger partial charge on any atom is 0.310 e. The van der Waals surface area contributed by atoms with E-state index in [1.807, 2.05) is 4.98 Å². The summed E-state index contributed by atoms with van der Waals surface area (Å²) in [5.74, 6) is -0.585. The van der Waals surface area contributed by atoms with Crippen molar-refractivity contribution in [2.75, 3.05) is 6.61 Å². The van der Waals surface area contributed by atoms with Crippen LogP contribution in [0.2, 0.25) is 0 Å². The largest absolute Gasteiger partial charge is 0.466 e. The molecule has 3 N–H and O–H groups in total. The molecular weight excluding hydrogens is 246 g/mol. The van der Waals surface area contributed by atoms with E-state index in [0.29, 0.717) is 0 Å². The predicted octanol–water partition coefficient (Wildman–Crippen LogP) is 0.877. The number of carbonyl (C=O) groups is 1. The highest BCUT2D eigenvalue weighted by Crippen LogP contribution is 2.22. The zero-order valence-corrected chi connectivity index (χ0v) is 9.83. The van der Waals surface area contributed by atoms with Crippen molar-refractivity contribution >= 4 is 5.97 Å². The van der Waals surface area contributed by atoms with Crippen molar-refractivity contribution in [1.29, 1.82) is 0 Å². The molecule has 1 aromatic heterocycles. The molecule has 1 rings (SSSR count). The molecule has 1 aromatic rings. The van der Waals surface area contributed by atoms with Gasteiger partial charge in [-0.1, -0.05) is 0 Å². The first-order chi connectivity index (χ1) is 8.49. The van der Waals surface area contributed by atoms with Crippen LogP contribution in [0, 0.1) is 0 Å². The first kappa shape index (κ1) is 14.3. The summed E-state index contributed by atoms with van der Waals surface area (Å²) in [7, 11) is 0. The van der Waals surface area contributed by atoms with E-state index in [9.17, 15) is 18.4 Å². The number of halogens is 2. The Morgan fingerprint density at radius 2 is 2.22 bits per heavy atom. The monoisotopic (exact) mass is 260 g/mol. The van der Waals surface area contributed by atoms with Crippen LogP contribution in [0.3, 0.4) is 0 Å². The maximum absolute atomic E-state index is 12.7. The van der Waals surface area contributed by atoms with Gasteiger partial charge in [0.25, 0.3) is 6.43 Å². The lowest BCUT2D eigenvalue weighted by Gasteiger charge is -2.11. The fourth-order valence-electron chi connectivity index (χ4n) is 1.62. The minimum atomic E-state index is -2.85. The average Bonchev–Trinajstić information content (AvgIpc) is 2.28. The number of hydrogen-bond acceptors (Lipinski definition) is 4. The summed E-state index contributed by atoms with van der Waals surface area (Å²) >= 11 is 0. The molecule has 18 heavy (non-hydrogen) atoms. The normalized spacial score (nSPS) is 10.7. The lowest BCUT2D eigenvalue weighted by atomic mass is 10.0. The van der Waals surface area contributed by atoms with E-state index in [1.54, 1.807) is 6.92 Å². The highest BCUT2D eigenvalue weighted by molar-refractivity contribution is 5.73. The summed E-state index contributed by atoms with van der Waals surface area (Å²) in [6, 6.07) is 1.09. The molecule has 0 saturated carbocycles. The smallest absolute Gasteiger partial charge is 0.310 e. The number of aromatic nitrogens is 1. The maximum atomic E-state index is 12.7. The fourth-order valence-corrected chi connectivity index (χ4v) is 1.62. The Bertz CT molecular complexity index is 486. The van der Waals surface area contributed by atoms with Gasteiger partial charge in [-0.15, -0.1) is 0 Å². The Morgan fingerprint density at radius 3 is 2.72 bits per heavy atom. The van der Waals surface area contributed by atoms with Gasteiger partial charge in [-0.3, -0.25) is 9.59 Å². The average molecular weight is 260 g/mol. The van der Waals surface area contributed by atoms with Crippen LogP contribution < -0.4 is 11.3 Å². The second-order valence-corrected chi connectivity index (χ2v) is 3.54. The molecule has 0 amide bonds. The zero-order valence-electron chi connectivity index (χ0n) is 9.83. The summed E-state index contributed by atoms with van der Waals surface area (Å²) < 4.78 is 30.1. The van der Waals surface area contributed by atoms with Gasteiger partial charge >= 0.3 is 5.97 Å². The molecule has 0 atom stereocenters. The second kappa shape index (κ2) is 6.25. The quantitative estimate of drug-likeness (QED) is 0.769. The first-order valence-electron chi connectivity index (χ1n) is 5.38. The number of hydrogen-bond donors (Lipinski definition) is 2. The third-order valence-corrected chi connectivity index (χ3v) is 2.34. The summed E-state index contributed by atoms with van der Waals surface area (Å²) in [5.41, 5.74) is 4.41. The molecule has 1 heterocycles. The Hall–Kier alpha value is -1.76. The SMILES string of the molecule is CCOC(=O)Cc1cc(=O)[nH]c(C(F)F)c1CN. The van der Waals surface area contributed by atoms with Gasteiger partial charge in [0.1, 0.15) is 0 Å². The predicted molar refractivity (Wildman–Crippen MR) is 60.2 cm³/mol. The molecule has 0 spiro atoms. The van der Waals surface area contributed by atoms with Crippen molar-refractivity contribution in [1.82, 2.24) is 4.98 Å². The third kappa shape index (κ3) is 3.36. The molecule has 0 aliphatic carbocycles. The van der Waals surface area contributed by atoms with E-state index < -0.39 is 23.6 Å². The van der Waals surface area contributed by atoms with Gasteiger partial charge < -0.3 is 15.5 Å². The van der Waals surface area contributed by atoms with Crippen molar-refractivity contribution in [3.05, 3.63) is 33.2 Å². The van der Waals surface area contributed by atoms with Crippen molar-refractivity contribution < 1.29 is 18.3 Å². The molecule has 0 unspecified atom stereocenters. The van der Waals surface area contributed by atoms with E-state index >= 15 is 0 Å². The van der Waals surface area contributed by atoms with E-state index in [4.69, 9.17) is 10.5 Å². The van der Waals surface area contributed by atoms with Crippen molar-refractivity contribution in [2.45, 2.75) is 26.3 Å². The van der Waals surface area contributed by atoms with E-state index in [0.717, 1.165) is 6.07 Å². The number of H-pyrrole nitrogens is 1. The molecule has 0 aliphatic rings. The van der Waals surface area contributed by atoms with Gasteiger partial charge in [0.05, 0.1) is 18.7 Å². The summed E-state index contributed by atoms with van der Waals surface area (Å²) in [6.07, 6.45) is -3.09. The topological polar surface area (TPSA) is 85.2 Å². The highest BCUT2D eigenvalue weighted by atomic mass is 19.3. The van der Waals surface area contributed by atoms with Crippen LogP contribution in [0.15, 0.2) is 10.9 Å². The van der Waals surface area contributed by atoms with E-state index in [1.165, 1.54) is 0 Å². The zero-order chi connectivity index (χ0) is 13.7. The van der Waals surface area contributed by atoms with Crippen molar-refractivity contribution in [3.63, 3.8) is 0 Å². The van der Waals surface area contributed by atoms with Crippen LogP contribution in [0.25, 0.3) is 0 Å². The molecule has 0 fully saturated rings. The minimum absolute atomic E-state index is 0.0812. The van der Waals surface area contributed by atoms with Crippen LogP contribution in [-0.2, 0) is 22.5 Å². The number of pyridine rings is 1. The minimum Gasteiger partial charge on any atom is -0.466 e. The highest BCUT2D eigenvalue weighted by Gasteiger charge is 2.19. The van der Waals surface area contributed by atoms with Gasteiger partial charge in [0, 0.05) is 12.6 Å². The van der Waals surface area contributed by atoms with Gasteiger partial charge in [0.15, 0.2) is 0 Å². The second-order valence-electron chi connectivity index (χ2n) is 3.54. The molecule has 7 heteroatoms. The molecule has 0 radical (unpaired) electrons. The third-order valence-electron chi connectivity index (χ3n) is 2.34. The number of esters is 1. The van der Waals surface area contributed by atoms with Crippen LogP contribution in [0.4, 0.5) is 8.78 Å². The number of alkyl halides is 2. The van der Waals surface area contributed by atoms with Gasteiger partial charge in [-0.05, 0) is 18.1 Å². The number of nitrogens with two attached hydrogens (primary N) is 1.